The number of aryl methyl sites for hydroxylation is 2. The molecule has 2 heterocycles. The van der Waals surface area contributed by atoms with Crippen molar-refractivity contribution in [3.63, 3.8) is 0 Å². The average Bonchev–Trinajstić information content (AvgIpc) is 2.76. The van der Waals surface area contributed by atoms with E-state index in [-0.39, 0.29) is 22.9 Å². The maximum Gasteiger partial charge on any atom is 0.261 e. The number of fused-ring (bicyclic) bond motifs is 1. The lowest BCUT2D eigenvalue weighted by molar-refractivity contribution is 0.0734. The third-order valence-corrected chi connectivity index (χ3v) is 6.13. The molecule has 0 fully saturated rings. The Labute approximate surface area is 182 Å². The van der Waals surface area contributed by atoms with Crippen LogP contribution in [0.1, 0.15) is 68.7 Å². The minimum Gasteiger partial charge on any atom is -0.348 e. The Hall–Kier alpha value is -3.15. The van der Waals surface area contributed by atoms with E-state index in [1.807, 2.05) is 32.0 Å². The van der Waals surface area contributed by atoms with Gasteiger partial charge in [-0.05, 0) is 69.2 Å². The van der Waals surface area contributed by atoms with Gasteiger partial charge in [0.25, 0.3) is 17.4 Å². The van der Waals surface area contributed by atoms with Crippen LogP contribution in [0.3, 0.4) is 0 Å². The van der Waals surface area contributed by atoms with Gasteiger partial charge in [0.1, 0.15) is 5.56 Å². The molecule has 2 N–H and O–H groups in total. The van der Waals surface area contributed by atoms with Gasteiger partial charge in [-0.3, -0.25) is 14.4 Å². The highest BCUT2D eigenvalue weighted by Crippen LogP contribution is 2.23. The van der Waals surface area contributed by atoms with E-state index in [1.54, 1.807) is 11.1 Å². The second-order valence-corrected chi connectivity index (χ2v) is 8.64. The number of pyridine rings is 1. The van der Waals surface area contributed by atoms with Crippen LogP contribution in [-0.2, 0) is 13.0 Å². The van der Waals surface area contributed by atoms with Crippen LogP contribution in [0.5, 0.6) is 0 Å². The van der Waals surface area contributed by atoms with Crippen molar-refractivity contribution in [2.75, 3.05) is 13.1 Å². The fraction of sp³-hybridized carbons (Fsp3) is 0.400. The van der Waals surface area contributed by atoms with E-state index in [2.05, 4.69) is 16.4 Å². The van der Waals surface area contributed by atoms with Gasteiger partial charge < -0.3 is 15.2 Å². The first kappa shape index (κ1) is 21.1. The monoisotopic (exact) mass is 419 g/mol. The summed E-state index contributed by atoms with van der Waals surface area (Å²) >= 11 is 0. The van der Waals surface area contributed by atoms with Gasteiger partial charge in [-0.2, -0.15) is 0 Å². The molecule has 0 radical (unpaired) electrons. The number of benzene rings is 1. The largest absolute Gasteiger partial charge is 0.348 e. The molecule has 0 bridgehead atoms. The molecule has 1 aliphatic carbocycles. The first-order valence-electron chi connectivity index (χ1n) is 11.0. The van der Waals surface area contributed by atoms with Crippen molar-refractivity contribution in [3.8, 4) is 0 Å². The maximum atomic E-state index is 13.0. The van der Waals surface area contributed by atoms with E-state index in [1.165, 1.54) is 12.0 Å². The molecule has 0 unspecified atom stereocenters. The molecule has 0 saturated heterocycles. The van der Waals surface area contributed by atoms with E-state index in [0.717, 1.165) is 41.5 Å². The van der Waals surface area contributed by atoms with Crippen molar-refractivity contribution in [2.45, 2.75) is 52.5 Å². The van der Waals surface area contributed by atoms with Gasteiger partial charge in [-0.25, -0.2) is 0 Å². The van der Waals surface area contributed by atoms with E-state index in [0.29, 0.717) is 31.6 Å². The van der Waals surface area contributed by atoms with E-state index in [4.69, 9.17) is 0 Å². The lowest BCUT2D eigenvalue weighted by atomic mass is 9.95. The Morgan fingerprint density at radius 1 is 1.10 bits per heavy atom. The molecule has 1 aromatic carbocycles. The number of H-pyrrole nitrogens is 1. The molecule has 2 aliphatic rings. The van der Waals surface area contributed by atoms with Crippen molar-refractivity contribution in [2.24, 2.45) is 0 Å². The van der Waals surface area contributed by atoms with Crippen molar-refractivity contribution >= 4 is 11.8 Å². The number of allylic oxidation sites excluding steroid dienone is 1. The standard InChI is InChI=1S/C25H29N3O3/c1-16-10-17(2)12-19(11-16)25(31)28-9-8-21-20(15-28)14-27-24(30)22(21)23(29)26-13-18-6-4-3-5-7-18/h6,10-12,14H,3-5,7-9,13,15H2,1-2H3,(H,26,29)(H,27,30). The van der Waals surface area contributed by atoms with E-state index in [9.17, 15) is 14.4 Å². The number of carbonyl (C=O) groups is 2. The summed E-state index contributed by atoms with van der Waals surface area (Å²) in [7, 11) is 0. The van der Waals surface area contributed by atoms with Gasteiger partial charge in [-0.1, -0.05) is 28.8 Å². The normalized spacial score (nSPS) is 15.8. The summed E-state index contributed by atoms with van der Waals surface area (Å²) in [5.41, 5.74) is 5.40. The van der Waals surface area contributed by atoms with Crippen LogP contribution in [0.2, 0.25) is 0 Å². The van der Waals surface area contributed by atoms with E-state index < -0.39 is 0 Å². The van der Waals surface area contributed by atoms with Crippen LogP contribution < -0.4 is 10.9 Å². The lowest BCUT2D eigenvalue weighted by Gasteiger charge is -2.30. The minimum absolute atomic E-state index is 0.0288. The number of carbonyl (C=O) groups excluding carboxylic acids is 2. The zero-order valence-corrected chi connectivity index (χ0v) is 18.2. The zero-order chi connectivity index (χ0) is 22.0. The average molecular weight is 420 g/mol. The number of nitrogens with zero attached hydrogens (tertiary/aromatic N) is 1. The number of nitrogens with one attached hydrogen (secondary N) is 2. The van der Waals surface area contributed by atoms with Crippen LogP contribution >= 0.6 is 0 Å². The second-order valence-electron chi connectivity index (χ2n) is 8.64. The summed E-state index contributed by atoms with van der Waals surface area (Å²) in [4.78, 5) is 42.9. The summed E-state index contributed by atoms with van der Waals surface area (Å²) in [6.07, 6.45) is 8.70. The van der Waals surface area contributed by atoms with Crippen LogP contribution in [0.4, 0.5) is 0 Å². The molecule has 162 valence electrons. The third kappa shape index (κ3) is 4.63. The van der Waals surface area contributed by atoms with Gasteiger partial charge in [0.15, 0.2) is 0 Å². The molecule has 4 rings (SSSR count). The van der Waals surface area contributed by atoms with E-state index >= 15 is 0 Å². The number of aromatic nitrogens is 1. The van der Waals surface area contributed by atoms with Crippen molar-refractivity contribution in [3.05, 3.63) is 79.8 Å². The lowest BCUT2D eigenvalue weighted by Crippen LogP contribution is -2.40. The highest BCUT2D eigenvalue weighted by molar-refractivity contribution is 5.97. The summed E-state index contributed by atoms with van der Waals surface area (Å²) in [6.45, 7) is 5.30. The molecule has 6 heteroatoms. The van der Waals surface area contributed by atoms with Crippen LogP contribution in [-0.4, -0.2) is 34.8 Å². The third-order valence-electron chi connectivity index (χ3n) is 6.13. The topological polar surface area (TPSA) is 82.3 Å². The molecular formula is C25H29N3O3. The first-order chi connectivity index (χ1) is 14.9. The van der Waals surface area contributed by atoms with Gasteiger partial charge in [0.05, 0.1) is 0 Å². The molecule has 2 aromatic rings. The summed E-state index contributed by atoms with van der Waals surface area (Å²) < 4.78 is 0. The molecule has 0 saturated carbocycles. The minimum atomic E-state index is -0.372. The Balaban J connectivity index is 1.52. The Morgan fingerprint density at radius 3 is 2.58 bits per heavy atom. The van der Waals surface area contributed by atoms with Gasteiger partial charge in [-0.15, -0.1) is 0 Å². The fourth-order valence-electron chi connectivity index (χ4n) is 4.61. The molecule has 31 heavy (non-hydrogen) atoms. The number of rotatable bonds is 4. The molecule has 0 spiro atoms. The number of hydrogen-bond acceptors (Lipinski definition) is 3. The molecule has 0 atom stereocenters. The zero-order valence-electron chi connectivity index (χ0n) is 18.2. The number of amides is 2. The quantitative estimate of drug-likeness (QED) is 0.745. The smallest absolute Gasteiger partial charge is 0.261 e. The Bertz CT molecular complexity index is 1090. The van der Waals surface area contributed by atoms with Gasteiger partial charge >= 0.3 is 0 Å². The Morgan fingerprint density at radius 2 is 1.87 bits per heavy atom. The summed E-state index contributed by atoms with van der Waals surface area (Å²) in [6, 6.07) is 5.84. The predicted octanol–water partition coefficient (Wildman–Crippen LogP) is 3.42. The van der Waals surface area contributed by atoms with Gasteiger partial charge in [0.2, 0.25) is 0 Å². The predicted molar refractivity (Wildman–Crippen MR) is 120 cm³/mol. The SMILES string of the molecule is Cc1cc(C)cc(C(=O)N2CCc3c(c[nH]c(=O)c3C(=O)NCC3=CCCCC3)C2)c1. The fourth-order valence-corrected chi connectivity index (χ4v) is 4.61. The van der Waals surface area contributed by atoms with Crippen molar-refractivity contribution in [1.29, 1.82) is 0 Å². The molecular weight excluding hydrogens is 390 g/mol. The number of hydrogen-bond donors (Lipinski definition) is 2. The Kier molecular flexibility index (Phi) is 6.07. The highest BCUT2D eigenvalue weighted by atomic mass is 16.2. The second kappa shape index (κ2) is 8.92. The molecule has 6 nitrogen and oxygen atoms in total. The molecule has 2 amide bonds. The van der Waals surface area contributed by atoms with Gasteiger partial charge in [0, 0.05) is 31.4 Å². The van der Waals surface area contributed by atoms with Crippen LogP contribution in [0, 0.1) is 13.8 Å². The first-order valence-corrected chi connectivity index (χ1v) is 11.0. The number of aromatic amines is 1. The maximum absolute atomic E-state index is 13.0. The highest BCUT2D eigenvalue weighted by Gasteiger charge is 2.27. The van der Waals surface area contributed by atoms with Crippen molar-refractivity contribution < 1.29 is 9.59 Å². The van der Waals surface area contributed by atoms with Crippen molar-refractivity contribution in [1.82, 2.24) is 15.2 Å². The summed E-state index contributed by atoms with van der Waals surface area (Å²) in [5, 5.41) is 2.92. The molecule has 1 aromatic heterocycles. The van der Waals surface area contributed by atoms with Crippen LogP contribution in [0.15, 0.2) is 40.8 Å². The molecule has 1 aliphatic heterocycles. The summed E-state index contributed by atoms with van der Waals surface area (Å²) in [5.74, 6) is -0.363. The van der Waals surface area contributed by atoms with Crippen LogP contribution in [0.25, 0.3) is 0 Å².